The molecule has 0 radical (unpaired) electrons. The lowest BCUT2D eigenvalue weighted by atomic mass is 10.1. The second-order valence-electron chi connectivity index (χ2n) is 4.45. The highest BCUT2D eigenvalue weighted by atomic mass is 35.5. The fraction of sp³-hybridized carbons (Fsp3) is 0.0667. The van der Waals surface area contributed by atoms with E-state index in [0.717, 1.165) is 5.56 Å². The summed E-state index contributed by atoms with van der Waals surface area (Å²) in [7, 11) is 0. The lowest BCUT2D eigenvalue weighted by Gasteiger charge is -2.03. The fourth-order valence-electron chi connectivity index (χ4n) is 1.93. The normalized spacial score (nSPS) is 10.8. The Morgan fingerprint density at radius 1 is 1.29 bits per heavy atom. The Bertz CT molecular complexity index is 818. The second kappa shape index (κ2) is 5.79. The number of anilines is 1. The number of fused-ring (bicyclic) bond motifs is 1. The average molecular weight is 321 g/mol. The number of rotatable bonds is 3. The Hall–Kier alpha value is -1.98. The molecule has 0 fully saturated rings. The van der Waals surface area contributed by atoms with Gasteiger partial charge in [0.05, 0.1) is 16.6 Å². The first-order chi connectivity index (χ1) is 10.1. The first kappa shape index (κ1) is 14.0. The molecule has 1 aromatic heterocycles. The summed E-state index contributed by atoms with van der Waals surface area (Å²) >= 11 is 7.26. The maximum absolute atomic E-state index is 13.1. The van der Waals surface area contributed by atoms with Gasteiger partial charge in [-0.25, -0.2) is 9.37 Å². The van der Waals surface area contributed by atoms with E-state index in [1.165, 1.54) is 23.5 Å². The van der Waals surface area contributed by atoms with E-state index in [2.05, 4.69) is 10.3 Å². The van der Waals surface area contributed by atoms with Crippen LogP contribution in [0.2, 0.25) is 5.02 Å². The molecule has 0 aliphatic carbocycles. The van der Waals surface area contributed by atoms with E-state index in [4.69, 9.17) is 11.6 Å². The summed E-state index contributed by atoms with van der Waals surface area (Å²) < 4.78 is 13.8. The minimum atomic E-state index is -0.319. The summed E-state index contributed by atoms with van der Waals surface area (Å²) in [5.41, 5.74) is 1.42. The molecule has 2 aromatic carbocycles. The van der Waals surface area contributed by atoms with E-state index in [-0.39, 0.29) is 18.1 Å². The molecule has 0 aliphatic rings. The van der Waals surface area contributed by atoms with Gasteiger partial charge in [-0.3, -0.25) is 4.79 Å². The van der Waals surface area contributed by atoms with E-state index < -0.39 is 0 Å². The molecule has 3 aromatic rings. The number of nitrogens with zero attached hydrogens (tertiary/aromatic N) is 1. The topological polar surface area (TPSA) is 42.0 Å². The summed E-state index contributed by atoms with van der Waals surface area (Å²) in [6.45, 7) is 0. The van der Waals surface area contributed by atoms with Crippen LogP contribution < -0.4 is 5.32 Å². The minimum absolute atomic E-state index is 0.171. The highest BCUT2D eigenvalue weighted by molar-refractivity contribution is 7.22. The van der Waals surface area contributed by atoms with E-state index in [9.17, 15) is 9.18 Å². The summed E-state index contributed by atoms with van der Waals surface area (Å²) in [6, 6.07) is 11.5. The van der Waals surface area contributed by atoms with Gasteiger partial charge in [-0.15, -0.1) is 0 Å². The SMILES string of the molecule is O=C(Cc1ccccc1Cl)Nc1nc2ccc(F)cc2s1. The molecule has 1 N–H and O–H groups in total. The Morgan fingerprint density at radius 3 is 2.90 bits per heavy atom. The number of carbonyl (C=O) groups is 1. The van der Waals surface area contributed by atoms with Crippen LogP contribution in [0.4, 0.5) is 9.52 Å². The third kappa shape index (κ3) is 3.20. The Kier molecular flexibility index (Phi) is 3.86. The van der Waals surface area contributed by atoms with Gasteiger partial charge in [0.15, 0.2) is 5.13 Å². The number of halogens is 2. The highest BCUT2D eigenvalue weighted by Crippen LogP contribution is 2.26. The predicted octanol–water partition coefficient (Wildman–Crippen LogP) is 4.27. The van der Waals surface area contributed by atoms with E-state index in [1.54, 1.807) is 18.2 Å². The molecule has 0 saturated heterocycles. The maximum atomic E-state index is 13.1. The van der Waals surface area contributed by atoms with Crippen molar-refractivity contribution < 1.29 is 9.18 Å². The summed E-state index contributed by atoms with van der Waals surface area (Å²) in [6.07, 6.45) is 0.171. The van der Waals surface area contributed by atoms with Gasteiger partial charge in [-0.2, -0.15) is 0 Å². The third-order valence-corrected chi connectivity index (χ3v) is 4.21. The van der Waals surface area contributed by atoms with Gasteiger partial charge in [0, 0.05) is 5.02 Å². The van der Waals surface area contributed by atoms with Crippen LogP contribution in [0.1, 0.15) is 5.56 Å². The lowest BCUT2D eigenvalue weighted by Crippen LogP contribution is -2.14. The van der Waals surface area contributed by atoms with Crippen molar-refractivity contribution in [1.29, 1.82) is 0 Å². The molecule has 0 atom stereocenters. The van der Waals surface area contributed by atoms with E-state index in [0.29, 0.717) is 20.4 Å². The Morgan fingerprint density at radius 2 is 2.10 bits per heavy atom. The van der Waals surface area contributed by atoms with Crippen molar-refractivity contribution in [1.82, 2.24) is 4.98 Å². The minimum Gasteiger partial charge on any atom is -0.302 e. The van der Waals surface area contributed by atoms with Gasteiger partial charge in [0.25, 0.3) is 0 Å². The van der Waals surface area contributed by atoms with Crippen molar-refractivity contribution in [3.63, 3.8) is 0 Å². The van der Waals surface area contributed by atoms with Crippen molar-refractivity contribution >= 4 is 44.2 Å². The van der Waals surface area contributed by atoms with Crippen LogP contribution in [0.15, 0.2) is 42.5 Å². The van der Waals surface area contributed by atoms with Gasteiger partial charge in [0.1, 0.15) is 5.82 Å². The third-order valence-electron chi connectivity index (χ3n) is 2.91. The number of thiazole rings is 1. The summed E-state index contributed by atoms with van der Waals surface area (Å²) in [4.78, 5) is 16.2. The molecule has 106 valence electrons. The van der Waals surface area contributed by atoms with Crippen LogP contribution in [-0.4, -0.2) is 10.9 Å². The van der Waals surface area contributed by atoms with E-state index >= 15 is 0 Å². The summed E-state index contributed by atoms with van der Waals surface area (Å²) in [5.74, 6) is -0.525. The standard InChI is InChI=1S/C15H10ClFN2OS/c16-11-4-2-1-3-9(11)7-14(20)19-15-18-12-6-5-10(17)8-13(12)21-15/h1-6,8H,7H2,(H,18,19,20). The van der Waals surface area contributed by atoms with Crippen molar-refractivity contribution in [3.05, 3.63) is 58.9 Å². The van der Waals surface area contributed by atoms with Crippen molar-refractivity contribution in [2.75, 3.05) is 5.32 Å². The van der Waals surface area contributed by atoms with E-state index in [1.807, 2.05) is 12.1 Å². The second-order valence-corrected chi connectivity index (χ2v) is 5.89. The number of benzene rings is 2. The molecule has 3 nitrogen and oxygen atoms in total. The molecule has 0 unspecified atom stereocenters. The molecule has 0 spiro atoms. The van der Waals surface area contributed by atoms with Crippen molar-refractivity contribution in [2.24, 2.45) is 0 Å². The molecular weight excluding hydrogens is 311 g/mol. The fourth-order valence-corrected chi connectivity index (χ4v) is 3.04. The van der Waals surface area contributed by atoms with Crippen LogP contribution in [0.3, 0.4) is 0 Å². The zero-order valence-corrected chi connectivity index (χ0v) is 12.3. The first-order valence-electron chi connectivity index (χ1n) is 6.21. The Balaban J connectivity index is 1.75. The van der Waals surface area contributed by atoms with Crippen LogP contribution in [-0.2, 0) is 11.2 Å². The average Bonchev–Trinajstić information content (AvgIpc) is 2.82. The van der Waals surface area contributed by atoms with Gasteiger partial charge < -0.3 is 5.32 Å². The lowest BCUT2D eigenvalue weighted by molar-refractivity contribution is -0.115. The molecule has 6 heteroatoms. The largest absolute Gasteiger partial charge is 0.302 e. The quantitative estimate of drug-likeness (QED) is 0.783. The highest BCUT2D eigenvalue weighted by Gasteiger charge is 2.10. The van der Waals surface area contributed by atoms with Crippen molar-refractivity contribution in [3.8, 4) is 0 Å². The molecule has 0 saturated carbocycles. The molecule has 1 heterocycles. The van der Waals surface area contributed by atoms with Crippen LogP contribution in [0, 0.1) is 5.82 Å². The number of amides is 1. The molecule has 0 aliphatic heterocycles. The van der Waals surface area contributed by atoms with Crippen LogP contribution in [0.25, 0.3) is 10.2 Å². The zero-order chi connectivity index (χ0) is 14.8. The smallest absolute Gasteiger partial charge is 0.230 e. The van der Waals surface area contributed by atoms with Gasteiger partial charge in [0.2, 0.25) is 5.91 Å². The molecular formula is C15H10ClFN2OS. The number of carbonyl (C=O) groups excluding carboxylic acids is 1. The van der Waals surface area contributed by atoms with Crippen LogP contribution in [0.5, 0.6) is 0 Å². The van der Waals surface area contributed by atoms with Gasteiger partial charge >= 0.3 is 0 Å². The number of hydrogen-bond donors (Lipinski definition) is 1. The molecule has 0 bridgehead atoms. The number of aromatic nitrogens is 1. The molecule has 3 rings (SSSR count). The van der Waals surface area contributed by atoms with Crippen LogP contribution >= 0.6 is 22.9 Å². The summed E-state index contributed by atoms with van der Waals surface area (Å²) in [5, 5.41) is 3.72. The number of nitrogens with one attached hydrogen (secondary N) is 1. The molecule has 21 heavy (non-hydrogen) atoms. The maximum Gasteiger partial charge on any atom is 0.230 e. The monoisotopic (exact) mass is 320 g/mol. The van der Waals surface area contributed by atoms with Gasteiger partial charge in [-0.05, 0) is 29.8 Å². The predicted molar refractivity (Wildman–Crippen MR) is 83.4 cm³/mol. The number of hydrogen-bond acceptors (Lipinski definition) is 3. The first-order valence-corrected chi connectivity index (χ1v) is 7.40. The Labute approximate surface area is 129 Å². The van der Waals surface area contributed by atoms with Gasteiger partial charge in [-0.1, -0.05) is 41.1 Å². The molecule has 1 amide bonds. The zero-order valence-electron chi connectivity index (χ0n) is 10.8. The van der Waals surface area contributed by atoms with Crippen molar-refractivity contribution in [2.45, 2.75) is 6.42 Å².